The molecule has 2 rings (SSSR count). The fourth-order valence-corrected chi connectivity index (χ4v) is 2.45. The highest BCUT2D eigenvalue weighted by Gasteiger charge is 2.14. The molecule has 1 aliphatic carbocycles. The molecular weight excluding hydrogens is 208 g/mol. The van der Waals surface area contributed by atoms with Gasteiger partial charge in [0, 0.05) is 6.42 Å². The van der Waals surface area contributed by atoms with Gasteiger partial charge < -0.3 is 5.11 Å². The van der Waals surface area contributed by atoms with Crippen molar-refractivity contribution < 1.29 is 5.11 Å². The lowest BCUT2D eigenvalue weighted by molar-refractivity contribution is 0.204. The van der Waals surface area contributed by atoms with Crippen LogP contribution in [0.15, 0.2) is 29.8 Å². The number of rotatable bonds is 3. The molecule has 17 heavy (non-hydrogen) atoms. The molecule has 1 unspecified atom stereocenters. The maximum absolute atomic E-state index is 10.2. The molecule has 1 aromatic carbocycles. The third-order valence-electron chi connectivity index (χ3n) is 3.75. The minimum absolute atomic E-state index is 0.280. The average molecular weight is 230 g/mol. The second-order valence-corrected chi connectivity index (χ2v) is 5.16. The lowest BCUT2D eigenvalue weighted by atomic mass is 9.91. The van der Waals surface area contributed by atoms with Gasteiger partial charge in [-0.1, -0.05) is 24.3 Å². The predicted octanol–water partition coefficient (Wildman–Crippen LogP) is 3.71. The Bertz CT molecular complexity index is 418. The number of aliphatic hydroxyl groups excluding tert-OH is 1. The predicted molar refractivity (Wildman–Crippen MR) is 72.2 cm³/mol. The van der Waals surface area contributed by atoms with E-state index in [1.165, 1.54) is 35.1 Å². The van der Waals surface area contributed by atoms with E-state index in [0.717, 1.165) is 19.3 Å². The minimum atomic E-state index is -0.280. The monoisotopic (exact) mass is 230 g/mol. The van der Waals surface area contributed by atoms with E-state index in [9.17, 15) is 5.11 Å². The zero-order chi connectivity index (χ0) is 12.3. The first-order valence-electron chi connectivity index (χ1n) is 6.60. The molecule has 1 N–H and O–H groups in total. The van der Waals surface area contributed by atoms with Gasteiger partial charge in [-0.15, -0.1) is 0 Å². The number of aryl methyl sites for hydroxylation is 2. The summed E-state index contributed by atoms with van der Waals surface area (Å²) in [7, 11) is 0. The summed E-state index contributed by atoms with van der Waals surface area (Å²) in [6.07, 6.45) is 7.43. The molecule has 0 aromatic heterocycles. The normalized spacial score (nSPS) is 17.7. The third kappa shape index (κ3) is 3.19. The van der Waals surface area contributed by atoms with Crippen LogP contribution in [-0.2, 0) is 6.42 Å². The highest BCUT2D eigenvalue weighted by atomic mass is 16.3. The Morgan fingerprint density at radius 1 is 1.18 bits per heavy atom. The van der Waals surface area contributed by atoms with Gasteiger partial charge in [-0.2, -0.15) is 0 Å². The molecule has 0 bridgehead atoms. The third-order valence-corrected chi connectivity index (χ3v) is 3.75. The Morgan fingerprint density at radius 2 is 2.00 bits per heavy atom. The van der Waals surface area contributed by atoms with Crippen molar-refractivity contribution in [3.05, 3.63) is 46.5 Å². The lowest BCUT2D eigenvalue weighted by Gasteiger charge is -2.19. The quantitative estimate of drug-likeness (QED) is 0.785. The van der Waals surface area contributed by atoms with E-state index in [1.807, 2.05) is 0 Å². The van der Waals surface area contributed by atoms with Crippen LogP contribution < -0.4 is 0 Å². The van der Waals surface area contributed by atoms with Crippen molar-refractivity contribution >= 4 is 0 Å². The number of allylic oxidation sites excluding steroid dienone is 1. The second kappa shape index (κ2) is 5.50. The summed E-state index contributed by atoms with van der Waals surface area (Å²) in [5.74, 6) is 0. The summed E-state index contributed by atoms with van der Waals surface area (Å²) in [6.45, 7) is 4.25. The maximum Gasteiger partial charge on any atom is 0.0790 e. The summed E-state index contributed by atoms with van der Waals surface area (Å²) in [4.78, 5) is 0. The van der Waals surface area contributed by atoms with Gasteiger partial charge in [-0.25, -0.2) is 0 Å². The van der Waals surface area contributed by atoms with Gasteiger partial charge in [0.1, 0.15) is 0 Å². The highest BCUT2D eigenvalue weighted by molar-refractivity contribution is 5.31. The number of hydrogen-bond donors (Lipinski definition) is 1. The molecule has 0 spiro atoms. The fraction of sp³-hybridized carbons (Fsp3) is 0.500. The van der Waals surface area contributed by atoms with Crippen molar-refractivity contribution in [3.63, 3.8) is 0 Å². The van der Waals surface area contributed by atoms with Crippen LogP contribution in [0.2, 0.25) is 0 Å². The molecule has 1 heteroatoms. The molecule has 0 radical (unpaired) electrons. The molecule has 0 heterocycles. The average Bonchev–Trinajstić information content (AvgIpc) is 2.35. The molecule has 1 atom stereocenters. The van der Waals surface area contributed by atoms with E-state index in [0.29, 0.717) is 0 Å². The summed E-state index contributed by atoms with van der Waals surface area (Å²) >= 11 is 0. The van der Waals surface area contributed by atoms with Crippen molar-refractivity contribution in [3.8, 4) is 0 Å². The van der Waals surface area contributed by atoms with E-state index < -0.39 is 0 Å². The maximum atomic E-state index is 10.2. The van der Waals surface area contributed by atoms with Gasteiger partial charge in [-0.3, -0.25) is 0 Å². The first-order chi connectivity index (χ1) is 8.16. The molecular formula is C16H22O. The molecule has 0 saturated heterocycles. The number of hydrogen-bond acceptors (Lipinski definition) is 1. The summed E-state index contributed by atoms with van der Waals surface area (Å²) in [5, 5.41) is 10.2. The van der Waals surface area contributed by atoms with Crippen LogP contribution >= 0.6 is 0 Å². The van der Waals surface area contributed by atoms with E-state index in [-0.39, 0.29) is 6.10 Å². The van der Waals surface area contributed by atoms with Gasteiger partial charge in [-0.05, 0) is 61.8 Å². The SMILES string of the molecule is Cc1ccc(CC(O)C2=CCCCC2)cc1C. The van der Waals surface area contributed by atoms with Crippen LogP contribution in [-0.4, -0.2) is 11.2 Å². The van der Waals surface area contributed by atoms with Gasteiger partial charge in [0.15, 0.2) is 0 Å². The zero-order valence-electron chi connectivity index (χ0n) is 10.9. The standard InChI is InChI=1S/C16H22O/c1-12-8-9-14(10-13(12)2)11-16(17)15-6-4-3-5-7-15/h6,8-10,16-17H,3-5,7,11H2,1-2H3. The molecule has 1 aromatic rings. The van der Waals surface area contributed by atoms with E-state index in [2.05, 4.69) is 38.1 Å². The lowest BCUT2D eigenvalue weighted by Crippen LogP contribution is -2.15. The Morgan fingerprint density at radius 3 is 2.65 bits per heavy atom. The van der Waals surface area contributed by atoms with Crippen molar-refractivity contribution in [2.45, 2.75) is 52.1 Å². The molecule has 0 aliphatic heterocycles. The Balaban J connectivity index is 2.04. The van der Waals surface area contributed by atoms with Crippen LogP contribution in [0.4, 0.5) is 0 Å². The van der Waals surface area contributed by atoms with Crippen LogP contribution in [0.5, 0.6) is 0 Å². The van der Waals surface area contributed by atoms with Crippen molar-refractivity contribution in [2.24, 2.45) is 0 Å². The molecule has 0 fully saturated rings. The smallest absolute Gasteiger partial charge is 0.0790 e. The summed E-state index contributed by atoms with van der Waals surface area (Å²) < 4.78 is 0. The summed E-state index contributed by atoms with van der Waals surface area (Å²) in [5.41, 5.74) is 5.12. The second-order valence-electron chi connectivity index (χ2n) is 5.16. The highest BCUT2D eigenvalue weighted by Crippen LogP contribution is 2.22. The van der Waals surface area contributed by atoms with Gasteiger partial charge in [0.2, 0.25) is 0 Å². The zero-order valence-corrected chi connectivity index (χ0v) is 10.9. The fourth-order valence-electron chi connectivity index (χ4n) is 2.45. The van der Waals surface area contributed by atoms with E-state index >= 15 is 0 Å². The van der Waals surface area contributed by atoms with Crippen LogP contribution in [0, 0.1) is 13.8 Å². The van der Waals surface area contributed by atoms with Gasteiger partial charge in [0.25, 0.3) is 0 Å². The Labute approximate surface area is 104 Å². The molecule has 92 valence electrons. The van der Waals surface area contributed by atoms with E-state index in [1.54, 1.807) is 0 Å². The first kappa shape index (κ1) is 12.4. The van der Waals surface area contributed by atoms with Crippen molar-refractivity contribution in [1.82, 2.24) is 0 Å². The molecule has 0 amide bonds. The van der Waals surface area contributed by atoms with Gasteiger partial charge >= 0.3 is 0 Å². The Kier molecular flexibility index (Phi) is 4.01. The topological polar surface area (TPSA) is 20.2 Å². The van der Waals surface area contributed by atoms with Crippen molar-refractivity contribution in [1.29, 1.82) is 0 Å². The Hall–Kier alpha value is -1.08. The van der Waals surface area contributed by atoms with Gasteiger partial charge in [0.05, 0.1) is 6.10 Å². The minimum Gasteiger partial charge on any atom is -0.388 e. The van der Waals surface area contributed by atoms with Crippen LogP contribution in [0.3, 0.4) is 0 Å². The van der Waals surface area contributed by atoms with E-state index in [4.69, 9.17) is 0 Å². The van der Waals surface area contributed by atoms with Crippen LogP contribution in [0.1, 0.15) is 42.4 Å². The number of benzene rings is 1. The van der Waals surface area contributed by atoms with Crippen LogP contribution in [0.25, 0.3) is 0 Å². The molecule has 1 nitrogen and oxygen atoms in total. The molecule has 0 saturated carbocycles. The largest absolute Gasteiger partial charge is 0.388 e. The van der Waals surface area contributed by atoms with Crippen molar-refractivity contribution in [2.75, 3.05) is 0 Å². The first-order valence-corrected chi connectivity index (χ1v) is 6.60. The molecule has 1 aliphatic rings. The number of aliphatic hydroxyl groups is 1. The summed E-state index contributed by atoms with van der Waals surface area (Å²) in [6, 6.07) is 6.48.